The zero-order valence-corrected chi connectivity index (χ0v) is 14.3. The summed E-state index contributed by atoms with van der Waals surface area (Å²) in [5, 5.41) is 7.98. The van der Waals surface area contributed by atoms with Crippen molar-refractivity contribution in [2.24, 2.45) is 0 Å². The SMILES string of the molecule is Cc1cccc2nc(C(=O)OC(C)c3nnc(-c4ccccc4)o3)cn12. The van der Waals surface area contributed by atoms with Crippen molar-refractivity contribution in [3.8, 4) is 11.5 Å². The molecule has 0 bridgehead atoms. The molecule has 4 aromatic rings. The summed E-state index contributed by atoms with van der Waals surface area (Å²) in [6.45, 7) is 3.62. The lowest BCUT2D eigenvalue weighted by atomic mass is 10.2. The van der Waals surface area contributed by atoms with Crippen LogP contribution in [0.4, 0.5) is 0 Å². The van der Waals surface area contributed by atoms with Gasteiger partial charge in [0.15, 0.2) is 11.8 Å². The normalized spacial score (nSPS) is 12.2. The molecule has 0 amide bonds. The Labute approximate surface area is 149 Å². The van der Waals surface area contributed by atoms with Crippen molar-refractivity contribution >= 4 is 11.6 Å². The van der Waals surface area contributed by atoms with Gasteiger partial charge in [0.05, 0.1) is 0 Å². The maximum Gasteiger partial charge on any atom is 0.359 e. The number of aromatic nitrogens is 4. The minimum atomic E-state index is -0.682. The van der Waals surface area contributed by atoms with Crippen molar-refractivity contribution in [1.29, 1.82) is 0 Å². The van der Waals surface area contributed by atoms with E-state index < -0.39 is 12.1 Å². The fourth-order valence-electron chi connectivity index (χ4n) is 2.61. The number of imidazole rings is 1. The molecule has 7 nitrogen and oxygen atoms in total. The van der Waals surface area contributed by atoms with Crippen LogP contribution >= 0.6 is 0 Å². The van der Waals surface area contributed by atoms with Crippen LogP contribution in [0, 0.1) is 6.92 Å². The van der Waals surface area contributed by atoms with E-state index in [1.807, 2.05) is 59.9 Å². The Bertz CT molecular complexity index is 1070. The molecule has 0 aliphatic heterocycles. The van der Waals surface area contributed by atoms with Crippen molar-refractivity contribution in [3.05, 3.63) is 72.0 Å². The Hall–Kier alpha value is -3.48. The van der Waals surface area contributed by atoms with Gasteiger partial charge in [-0.05, 0) is 38.1 Å². The molecule has 0 aliphatic carbocycles. The molecule has 0 fully saturated rings. The Morgan fingerprint density at radius 2 is 1.92 bits per heavy atom. The summed E-state index contributed by atoms with van der Waals surface area (Å²) in [6.07, 6.45) is 0.974. The zero-order chi connectivity index (χ0) is 18.1. The van der Waals surface area contributed by atoms with Gasteiger partial charge in [0, 0.05) is 17.5 Å². The number of carbonyl (C=O) groups excluding carboxylic acids is 1. The van der Waals surface area contributed by atoms with Crippen LogP contribution in [0.1, 0.15) is 35.1 Å². The number of carbonyl (C=O) groups is 1. The number of esters is 1. The number of rotatable bonds is 4. The van der Waals surface area contributed by atoms with Crippen LogP contribution in [0.5, 0.6) is 0 Å². The van der Waals surface area contributed by atoms with Crippen molar-refractivity contribution in [1.82, 2.24) is 19.6 Å². The third-order valence-corrected chi connectivity index (χ3v) is 4.00. The van der Waals surface area contributed by atoms with Crippen LogP contribution in [0.3, 0.4) is 0 Å². The van der Waals surface area contributed by atoms with Crippen LogP contribution < -0.4 is 0 Å². The Balaban J connectivity index is 1.52. The topological polar surface area (TPSA) is 82.5 Å². The summed E-state index contributed by atoms with van der Waals surface area (Å²) < 4.78 is 12.9. The third-order valence-electron chi connectivity index (χ3n) is 4.00. The molecule has 0 aliphatic rings. The monoisotopic (exact) mass is 348 g/mol. The first kappa shape index (κ1) is 16.0. The van der Waals surface area contributed by atoms with Crippen molar-refractivity contribution < 1.29 is 13.9 Å². The van der Waals surface area contributed by atoms with E-state index in [-0.39, 0.29) is 11.6 Å². The summed E-state index contributed by atoms with van der Waals surface area (Å²) in [7, 11) is 0. The Kier molecular flexibility index (Phi) is 3.96. The van der Waals surface area contributed by atoms with E-state index in [4.69, 9.17) is 9.15 Å². The van der Waals surface area contributed by atoms with E-state index >= 15 is 0 Å². The molecule has 0 saturated heterocycles. The maximum atomic E-state index is 12.4. The van der Waals surface area contributed by atoms with Gasteiger partial charge in [-0.3, -0.25) is 0 Å². The van der Waals surface area contributed by atoms with Gasteiger partial charge >= 0.3 is 5.97 Å². The number of benzene rings is 1. The highest BCUT2D eigenvalue weighted by molar-refractivity contribution is 5.88. The lowest BCUT2D eigenvalue weighted by Gasteiger charge is -2.07. The molecule has 130 valence electrons. The molecule has 0 N–H and O–H groups in total. The minimum absolute atomic E-state index is 0.231. The summed E-state index contributed by atoms with van der Waals surface area (Å²) in [6, 6.07) is 15.1. The fourth-order valence-corrected chi connectivity index (χ4v) is 2.61. The molecule has 26 heavy (non-hydrogen) atoms. The maximum absolute atomic E-state index is 12.4. The summed E-state index contributed by atoms with van der Waals surface area (Å²) in [5.74, 6) is 0.0732. The number of aryl methyl sites for hydroxylation is 1. The van der Waals surface area contributed by atoms with Crippen molar-refractivity contribution in [2.75, 3.05) is 0 Å². The lowest BCUT2D eigenvalue weighted by molar-refractivity contribution is 0.0273. The number of fused-ring (bicyclic) bond motifs is 1. The van der Waals surface area contributed by atoms with Crippen LogP contribution in [0.25, 0.3) is 17.1 Å². The molecular weight excluding hydrogens is 332 g/mol. The van der Waals surface area contributed by atoms with Gasteiger partial charge in [-0.25, -0.2) is 9.78 Å². The molecule has 4 rings (SSSR count). The molecule has 1 unspecified atom stereocenters. The summed E-state index contributed by atoms with van der Waals surface area (Å²) >= 11 is 0. The second-order valence-electron chi connectivity index (χ2n) is 5.88. The van der Waals surface area contributed by atoms with Crippen LogP contribution in [0.15, 0.2) is 59.1 Å². The number of hydrogen-bond donors (Lipinski definition) is 0. The number of pyridine rings is 1. The van der Waals surface area contributed by atoms with E-state index in [0.717, 1.165) is 11.3 Å². The quantitative estimate of drug-likeness (QED) is 0.524. The summed E-state index contributed by atoms with van der Waals surface area (Å²) in [4.78, 5) is 16.7. The van der Waals surface area contributed by atoms with Crippen LogP contribution in [-0.2, 0) is 4.74 Å². The first-order valence-electron chi connectivity index (χ1n) is 8.16. The standard InChI is InChI=1S/C19H16N4O3/c1-12-7-6-10-16-20-15(11-23(12)16)19(24)25-13(2)17-21-22-18(26-17)14-8-4-3-5-9-14/h3-11,13H,1-2H3. The first-order chi connectivity index (χ1) is 12.6. The molecule has 3 heterocycles. The molecular formula is C19H16N4O3. The molecule has 1 atom stereocenters. The highest BCUT2D eigenvalue weighted by atomic mass is 16.6. The van der Waals surface area contributed by atoms with E-state index in [2.05, 4.69) is 15.2 Å². The van der Waals surface area contributed by atoms with E-state index in [0.29, 0.717) is 11.5 Å². The lowest BCUT2D eigenvalue weighted by Crippen LogP contribution is -2.10. The highest BCUT2D eigenvalue weighted by Gasteiger charge is 2.21. The molecule has 0 spiro atoms. The predicted octanol–water partition coefficient (Wildman–Crippen LogP) is 3.61. The van der Waals surface area contributed by atoms with Gasteiger partial charge in [-0.15, -0.1) is 10.2 Å². The van der Waals surface area contributed by atoms with Gasteiger partial charge in [0.25, 0.3) is 5.89 Å². The zero-order valence-electron chi connectivity index (χ0n) is 14.3. The third kappa shape index (κ3) is 2.95. The average Bonchev–Trinajstić information content (AvgIpc) is 3.30. The second kappa shape index (κ2) is 6.44. The van der Waals surface area contributed by atoms with Crippen LogP contribution in [0.2, 0.25) is 0 Å². The van der Waals surface area contributed by atoms with E-state index in [9.17, 15) is 4.79 Å². The van der Waals surface area contributed by atoms with E-state index in [1.54, 1.807) is 13.1 Å². The predicted molar refractivity (Wildman–Crippen MR) is 93.5 cm³/mol. The van der Waals surface area contributed by atoms with E-state index in [1.165, 1.54) is 0 Å². The van der Waals surface area contributed by atoms with Gasteiger partial charge in [0.1, 0.15) is 5.65 Å². The van der Waals surface area contributed by atoms with Gasteiger partial charge < -0.3 is 13.6 Å². The highest BCUT2D eigenvalue weighted by Crippen LogP contribution is 2.23. The smallest absolute Gasteiger partial charge is 0.359 e. The average molecular weight is 348 g/mol. The fraction of sp³-hybridized carbons (Fsp3) is 0.158. The van der Waals surface area contributed by atoms with Crippen molar-refractivity contribution in [3.63, 3.8) is 0 Å². The Morgan fingerprint density at radius 3 is 2.69 bits per heavy atom. The number of ether oxygens (including phenoxy) is 1. The first-order valence-corrected chi connectivity index (χ1v) is 8.16. The molecule has 3 aromatic heterocycles. The van der Waals surface area contributed by atoms with Crippen molar-refractivity contribution in [2.45, 2.75) is 20.0 Å². The molecule has 1 aromatic carbocycles. The summed E-state index contributed by atoms with van der Waals surface area (Å²) in [5.41, 5.74) is 2.70. The molecule has 0 saturated carbocycles. The largest absolute Gasteiger partial charge is 0.448 e. The minimum Gasteiger partial charge on any atom is -0.448 e. The Morgan fingerprint density at radius 1 is 1.12 bits per heavy atom. The molecule has 7 heteroatoms. The molecule has 0 radical (unpaired) electrons. The number of nitrogens with zero attached hydrogens (tertiary/aromatic N) is 4. The van der Waals surface area contributed by atoms with Gasteiger partial charge in [0.2, 0.25) is 5.89 Å². The second-order valence-corrected chi connectivity index (χ2v) is 5.88. The van der Waals surface area contributed by atoms with Gasteiger partial charge in [-0.2, -0.15) is 0 Å². The number of hydrogen-bond acceptors (Lipinski definition) is 6. The van der Waals surface area contributed by atoms with Crippen LogP contribution in [-0.4, -0.2) is 25.6 Å². The van der Waals surface area contributed by atoms with Gasteiger partial charge in [-0.1, -0.05) is 24.3 Å².